The first-order valence-corrected chi connectivity index (χ1v) is 5.31. The van der Waals surface area contributed by atoms with Crippen LogP contribution < -0.4 is 11.3 Å². The van der Waals surface area contributed by atoms with Crippen LogP contribution >= 0.6 is 35.6 Å². The van der Waals surface area contributed by atoms with Crippen LogP contribution in [0, 0.1) is 0 Å². The third kappa shape index (κ3) is 3.49. The van der Waals surface area contributed by atoms with Crippen molar-refractivity contribution in [3.05, 3.63) is 40.1 Å². The summed E-state index contributed by atoms with van der Waals surface area (Å²) in [7, 11) is 0. The maximum atomic E-state index is 5.96. The number of rotatable bonds is 3. The number of aromatic nitrogens is 3. The Bertz CT molecular complexity index is 553. The monoisotopic (exact) mass is 306 g/mol. The molecule has 0 aliphatic carbocycles. The normalized spacial score (nSPS) is 10.3. The number of nitrogens with one attached hydrogen (secondary N) is 1. The van der Waals surface area contributed by atoms with E-state index in [1.54, 1.807) is 18.2 Å². The molecule has 9 heteroatoms. The Labute approximate surface area is 119 Å². The van der Waals surface area contributed by atoms with Crippen LogP contribution in [0.25, 0.3) is 0 Å². The summed E-state index contributed by atoms with van der Waals surface area (Å²) in [5, 5.41) is 12.3. The van der Waals surface area contributed by atoms with Crippen molar-refractivity contribution in [3.8, 4) is 0 Å². The molecule has 6 nitrogen and oxygen atoms in total. The van der Waals surface area contributed by atoms with Crippen molar-refractivity contribution in [2.24, 2.45) is 5.10 Å². The molecular weight excluding hydrogens is 298 g/mol. The van der Waals surface area contributed by atoms with Crippen molar-refractivity contribution in [3.63, 3.8) is 0 Å². The molecule has 2 rings (SSSR count). The summed E-state index contributed by atoms with van der Waals surface area (Å²) in [4.78, 5) is 0. The number of hydrogen-bond donors (Lipinski definition) is 2. The molecule has 0 radical (unpaired) electrons. The van der Waals surface area contributed by atoms with Gasteiger partial charge in [-0.1, -0.05) is 29.3 Å². The summed E-state index contributed by atoms with van der Waals surface area (Å²) >= 11 is 11.7. The Morgan fingerprint density at radius 2 is 2.17 bits per heavy atom. The average Bonchev–Trinajstić information content (AvgIpc) is 2.68. The third-order valence-electron chi connectivity index (χ3n) is 1.90. The summed E-state index contributed by atoms with van der Waals surface area (Å²) in [6, 6.07) is 5.11. The van der Waals surface area contributed by atoms with E-state index in [0.29, 0.717) is 16.0 Å². The molecule has 1 aromatic carbocycles. The van der Waals surface area contributed by atoms with E-state index in [2.05, 4.69) is 20.7 Å². The number of hydrogen-bond acceptors (Lipinski definition) is 5. The van der Waals surface area contributed by atoms with Crippen molar-refractivity contribution in [1.82, 2.24) is 14.9 Å². The van der Waals surface area contributed by atoms with E-state index in [0.717, 1.165) is 5.56 Å². The maximum Gasteiger partial charge on any atom is 0.263 e. The van der Waals surface area contributed by atoms with Gasteiger partial charge in [0.25, 0.3) is 5.95 Å². The number of anilines is 1. The van der Waals surface area contributed by atoms with Gasteiger partial charge in [0.1, 0.15) is 6.33 Å². The van der Waals surface area contributed by atoms with Crippen LogP contribution in [0.2, 0.25) is 10.0 Å². The van der Waals surface area contributed by atoms with E-state index in [4.69, 9.17) is 29.0 Å². The van der Waals surface area contributed by atoms with Gasteiger partial charge in [0.05, 0.1) is 11.2 Å². The van der Waals surface area contributed by atoms with Crippen molar-refractivity contribution >= 4 is 47.8 Å². The molecule has 0 bridgehead atoms. The van der Waals surface area contributed by atoms with Crippen molar-refractivity contribution < 1.29 is 0 Å². The van der Waals surface area contributed by atoms with Crippen LogP contribution in [-0.2, 0) is 0 Å². The number of nitrogens with two attached hydrogens (primary N) is 1. The lowest BCUT2D eigenvalue weighted by Crippen LogP contribution is -2.10. The second-order valence-electron chi connectivity index (χ2n) is 3.10. The van der Waals surface area contributed by atoms with Crippen molar-refractivity contribution in [1.29, 1.82) is 0 Å². The maximum absolute atomic E-state index is 5.96. The van der Waals surface area contributed by atoms with E-state index in [-0.39, 0.29) is 12.4 Å². The van der Waals surface area contributed by atoms with Gasteiger partial charge in [0.15, 0.2) is 0 Å². The van der Waals surface area contributed by atoms with Gasteiger partial charge < -0.3 is 5.84 Å². The van der Waals surface area contributed by atoms with Gasteiger partial charge in [-0.25, -0.2) is 10.1 Å². The zero-order chi connectivity index (χ0) is 12.3. The minimum atomic E-state index is 0. The van der Waals surface area contributed by atoms with E-state index in [1.165, 1.54) is 17.2 Å². The average molecular weight is 308 g/mol. The number of benzene rings is 1. The van der Waals surface area contributed by atoms with Gasteiger partial charge in [-0.15, -0.1) is 22.6 Å². The fraction of sp³-hybridized carbons (Fsp3) is 0. The molecule has 0 fully saturated rings. The molecule has 0 aliphatic rings. The quantitative estimate of drug-likeness (QED) is 0.517. The molecule has 0 amide bonds. The van der Waals surface area contributed by atoms with Crippen molar-refractivity contribution in [2.75, 3.05) is 11.3 Å². The summed E-state index contributed by atoms with van der Waals surface area (Å²) in [6.07, 6.45) is 2.89. The second kappa shape index (κ2) is 6.44. The van der Waals surface area contributed by atoms with Crippen LogP contribution in [0.4, 0.5) is 5.95 Å². The predicted molar refractivity (Wildman–Crippen MR) is 75.1 cm³/mol. The summed E-state index contributed by atoms with van der Waals surface area (Å²) in [6.45, 7) is 0. The molecule has 0 saturated heterocycles. The minimum absolute atomic E-state index is 0. The van der Waals surface area contributed by atoms with E-state index >= 15 is 0 Å². The first kappa shape index (κ1) is 14.6. The molecule has 0 saturated carbocycles. The first-order valence-electron chi connectivity index (χ1n) is 4.56. The molecule has 1 aromatic heterocycles. The number of halogens is 3. The number of hydrazone groups is 1. The fourth-order valence-corrected chi connectivity index (χ4v) is 1.55. The van der Waals surface area contributed by atoms with E-state index in [9.17, 15) is 0 Å². The number of nitrogen functional groups attached to an aromatic ring is 1. The van der Waals surface area contributed by atoms with Gasteiger partial charge in [0, 0.05) is 10.6 Å². The van der Waals surface area contributed by atoms with Gasteiger partial charge in [-0.3, -0.25) is 0 Å². The zero-order valence-corrected chi connectivity index (χ0v) is 11.2. The Morgan fingerprint density at radius 3 is 2.78 bits per heavy atom. The molecule has 0 unspecified atom stereocenters. The summed E-state index contributed by atoms with van der Waals surface area (Å²) < 4.78 is 1.21. The first-order chi connectivity index (χ1) is 8.16. The molecule has 96 valence electrons. The highest BCUT2D eigenvalue weighted by molar-refractivity contribution is 6.36. The predicted octanol–water partition coefficient (Wildman–Crippen LogP) is 2.17. The molecule has 0 atom stereocenters. The zero-order valence-electron chi connectivity index (χ0n) is 8.92. The minimum Gasteiger partial charge on any atom is -0.335 e. The Morgan fingerprint density at radius 1 is 1.39 bits per heavy atom. The lowest BCUT2D eigenvalue weighted by molar-refractivity contribution is 0.988. The largest absolute Gasteiger partial charge is 0.335 e. The van der Waals surface area contributed by atoms with E-state index < -0.39 is 0 Å². The summed E-state index contributed by atoms with van der Waals surface area (Å²) in [5.41, 5.74) is 3.35. The van der Waals surface area contributed by atoms with Crippen LogP contribution in [0.5, 0.6) is 0 Å². The highest BCUT2D eigenvalue weighted by Gasteiger charge is 1.99. The highest BCUT2D eigenvalue weighted by atomic mass is 35.5. The molecule has 0 spiro atoms. The smallest absolute Gasteiger partial charge is 0.263 e. The van der Waals surface area contributed by atoms with Crippen LogP contribution in [-0.4, -0.2) is 21.1 Å². The Kier molecular flexibility index (Phi) is 5.21. The molecule has 0 aliphatic heterocycles. The molecule has 1 heterocycles. The van der Waals surface area contributed by atoms with Crippen LogP contribution in [0.15, 0.2) is 29.6 Å². The fourth-order valence-electron chi connectivity index (χ4n) is 1.09. The lowest BCUT2D eigenvalue weighted by Gasteiger charge is -1.99. The molecule has 18 heavy (non-hydrogen) atoms. The SMILES string of the molecule is Cl.Nn1cnnc1NN=Cc1ccc(Cl)cc1Cl. The third-order valence-corrected chi connectivity index (χ3v) is 2.47. The van der Waals surface area contributed by atoms with Gasteiger partial charge in [-0.05, 0) is 12.1 Å². The van der Waals surface area contributed by atoms with Crippen LogP contribution in [0.3, 0.4) is 0 Å². The number of nitrogens with zero attached hydrogens (tertiary/aromatic N) is 4. The van der Waals surface area contributed by atoms with E-state index in [1.807, 2.05) is 0 Å². The van der Waals surface area contributed by atoms with Crippen LogP contribution in [0.1, 0.15) is 5.56 Å². The Hall–Kier alpha value is -1.50. The molecule has 2 aromatic rings. The van der Waals surface area contributed by atoms with Gasteiger partial charge in [0.2, 0.25) is 0 Å². The second-order valence-corrected chi connectivity index (χ2v) is 3.94. The summed E-state index contributed by atoms with van der Waals surface area (Å²) in [5.74, 6) is 5.81. The Balaban J connectivity index is 0.00000162. The van der Waals surface area contributed by atoms with Gasteiger partial charge >= 0.3 is 0 Å². The lowest BCUT2D eigenvalue weighted by atomic mass is 10.2. The molecule has 3 N–H and O–H groups in total. The topological polar surface area (TPSA) is 81.1 Å². The van der Waals surface area contributed by atoms with Gasteiger partial charge in [-0.2, -0.15) is 5.10 Å². The van der Waals surface area contributed by atoms with Crippen molar-refractivity contribution in [2.45, 2.75) is 0 Å². The molecular formula is C9H9Cl3N6. The standard InChI is InChI=1S/C9H8Cl2N6.ClH/c10-7-2-1-6(8(11)3-7)4-13-15-9-16-14-5-17(9)12;/h1-5H,12H2,(H,15,16);1H. The highest BCUT2D eigenvalue weighted by Crippen LogP contribution is 2.19.